The lowest BCUT2D eigenvalue weighted by Crippen LogP contribution is -2.38. The average molecular weight is 266 g/mol. The van der Waals surface area contributed by atoms with Crippen molar-refractivity contribution < 1.29 is 5.11 Å². The van der Waals surface area contributed by atoms with E-state index in [0.717, 1.165) is 31.7 Å². The van der Waals surface area contributed by atoms with Gasteiger partial charge < -0.3 is 15.7 Å². The third-order valence-corrected chi connectivity index (χ3v) is 4.33. The summed E-state index contributed by atoms with van der Waals surface area (Å²) < 4.78 is 0. The van der Waals surface area contributed by atoms with Crippen LogP contribution in [0.15, 0.2) is 23.1 Å². The molecule has 2 rings (SSSR count). The third-order valence-electron chi connectivity index (χ3n) is 3.35. The van der Waals surface area contributed by atoms with Crippen molar-refractivity contribution in [1.29, 1.82) is 0 Å². The first-order chi connectivity index (χ1) is 8.76. The van der Waals surface area contributed by atoms with Gasteiger partial charge in [0.1, 0.15) is 0 Å². The summed E-state index contributed by atoms with van der Waals surface area (Å²) in [5.41, 5.74) is 8.34. The molecule has 1 aromatic rings. The van der Waals surface area contributed by atoms with E-state index in [1.165, 1.54) is 16.1 Å². The number of nitrogens with two attached hydrogens (primary N) is 1. The second-order valence-corrected chi connectivity index (χ2v) is 5.94. The van der Waals surface area contributed by atoms with Crippen molar-refractivity contribution in [3.8, 4) is 0 Å². The molecule has 0 bridgehead atoms. The Kier molecular flexibility index (Phi) is 4.92. The van der Waals surface area contributed by atoms with Crippen molar-refractivity contribution in [2.24, 2.45) is 5.73 Å². The van der Waals surface area contributed by atoms with Crippen LogP contribution in [0.25, 0.3) is 0 Å². The summed E-state index contributed by atoms with van der Waals surface area (Å²) in [6.45, 7) is 4.46. The maximum absolute atomic E-state index is 9.80. The quantitative estimate of drug-likeness (QED) is 0.821. The van der Waals surface area contributed by atoms with Crippen LogP contribution >= 0.6 is 11.8 Å². The minimum absolute atomic E-state index is 0.202. The fourth-order valence-electron chi connectivity index (χ4n) is 2.52. The lowest BCUT2D eigenvalue weighted by Gasteiger charge is -2.33. The Morgan fingerprint density at radius 3 is 3.00 bits per heavy atom. The van der Waals surface area contributed by atoms with Gasteiger partial charge in [0.05, 0.1) is 6.10 Å². The molecular formula is C14H22N2OS. The van der Waals surface area contributed by atoms with Crippen molar-refractivity contribution in [1.82, 2.24) is 0 Å². The summed E-state index contributed by atoms with van der Waals surface area (Å²) in [5.74, 6) is 1.05. The highest BCUT2D eigenvalue weighted by atomic mass is 32.2. The standard InChI is InChI=1S/C14H22N2OS/c1-2-18-14-7-3-6-13(12(14)9-15)16-8-4-5-11(17)10-16/h3,6-7,11,17H,2,4-5,8-10,15H2,1H3. The van der Waals surface area contributed by atoms with Crippen molar-refractivity contribution in [2.75, 3.05) is 23.7 Å². The number of β-amino-alcohol motifs (C(OH)–C–C–N with tert-alkyl or cyclic N) is 1. The number of thioether (sulfide) groups is 1. The van der Waals surface area contributed by atoms with Crippen LogP contribution in [-0.4, -0.2) is 30.1 Å². The van der Waals surface area contributed by atoms with Crippen LogP contribution in [0.5, 0.6) is 0 Å². The molecule has 0 radical (unpaired) electrons. The topological polar surface area (TPSA) is 49.5 Å². The van der Waals surface area contributed by atoms with Crippen LogP contribution in [-0.2, 0) is 6.54 Å². The van der Waals surface area contributed by atoms with Crippen molar-refractivity contribution >= 4 is 17.4 Å². The van der Waals surface area contributed by atoms with Crippen LogP contribution < -0.4 is 10.6 Å². The first-order valence-corrected chi connectivity index (χ1v) is 7.62. The van der Waals surface area contributed by atoms with E-state index in [2.05, 4.69) is 30.0 Å². The monoisotopic (exact) mass is 266 g/mol. The van der Waals surface area contributed by atoms with Crippen LogP contribution in [0.1, 0.15) is 25.3 Å². The molecule has 0 aromatic heterocycles. The molecule has 1 aromatic carbocycles. The third kappa shape index (κ3) is 2.99. The second-order valence-electron chi connectivity index (χ2n) is 4.63. The van der Waals surface area contributed by atoms with E-state index >= 15 is 0 Å². The van der Waals surface area contributed by atoms with Crippen LogP contribution in [0.2, 0.25) is 0 Å². The average Bonchev–Trinajstić information content (AvgIpc) is 2.39. The maximum Gasteiger partial charge on any atom is 0.0715 e. The lowest BCUT2D eigenvalue weighted by atomic mass is 10.1. The maximum atomic E-state index is 9.80. The Labute approximate surface area is 113 Å². The van der Waals surface area contributed by atoms with E-state index in [0.29, 0.717) is 6.54 Å². The van der Waals surface area contributed by atoms with Crippen LogP contribution in [0.3, 0.4) is 0 Å². The normalized spacial score (nSPS) is 20.2. The molecule has 0 spiro atoms. The van der Waals surface area contributed by atoms with E-state index in [4.69, 9.17) is 5.73 Å². The number of benzene rings is 1. The molecule has 1 saturated heterocycles. The van der Waals surface area contributed by atoms with E-state index in [1.807, 2.05) is 11.8 Å². The van der Waals surface area contributed by atoms with Crippen molar-refractivity contribution in [3.05, 3.63) is 23.8 Å². The van der Waals surface area contributed by atoms with Crippen molar-refractivity contribution in [2.45, 2.75) is 37.3 Å². The number of rotatable bonds is 4. The predicted octanol–water partition coefficient (Wildman–Crippen LogP) is 2.22. The van der Waals surface area contributed by atoms with Crippen LogP contribution in [0, 0.1) is 0 Å². The molecule has 1 fully saturated rings. The van der Waals surface area contributed by atoms with Gasteiger partial charge in [-0.3, -0.25) is 0 Å². The smallest absolute Gasteiger partial charge is 0.0715 e. The summed E-state index contributed by atoms with van der Waals surface area (Å²) in [6, 6.07) is 6.35. The number of piperidine rings is 1. The molecule has 0 amide bonds. The second kappa shape index (κ2) is 6.45. The number of anilines is 1. The molecule has 100 valence electrons. The van der Waals surface area contributed by atoms with E-state index in [9.17, 15) is 5.11 Å². The molecule has 1 aliphatic rings. The number of aliphatic hydroxyl groups is 1. The molecule has 18 heavy (non-hydrogen) atoms. The highest BCUT2D eigenvalue weighted by Gasteiger charge is 2.20. The molecule has 1 heterocycles. The highest BCUT2D eigenvalue weighted by Crippen LogP contribution is 2.31. The van der Waals surface area contributed by atoms with Gasteiger partial charge in [0.2, 0.25) is 0 Å². The fraction of sp³-hybridized carbons (Fsp3) is 0.571. The van der Waals surface area contributed by atoms with Gasteiger partial charge in [-0.25, -0.2) is 0 Å². The minimum atomic E-state index is -0.202. The number of aliphatic hydroxyl groups excluding tert-OH is 1. The van der Waals surface area contributed by atoms with Gasteiger partial charge in [-0.15, -0.1) is 11.8 Å². The summed E-state index contributed by atoms with van der Waals surface area (Å²) >= 11 is 1.84. The molecule has 1 aliphatic heterocycles. The van der Waals surface area contributed by atoms with E-state index < -0.39 is 0 Å². The van der Waals surface area contributed by atoms with Gasteiger partial charge in [-0.1, -0.05) is 13.0 Å². The zero-order valence-corrected chi connectivity index (χ0v) is 11.7. The zero-order valence-electron chi connectivity index (χ0n) is 10.9. The molecular weight excluding hydrogens is 244 g/mol. The molecule has 0 aliphatic carbocycles. The van der Waals surface area contributed by atoms with Crippen molar-refractivity contribution in [3.63, 3.8) is 0 Å². The molecule has 0 saturated carbocycles. The minimum Gasteiger partial charge on any atom is -0.391 e. The molecule has 4 heteroatoms. The fourth-order valence-corrected chi connectivity index (χ4v) is 3.37. The number of hydrogen-bond donors (Lipinski definition) is 2. The number of nitrogens with zero attached hydrogens (tertiary/aromatic N) is 1. The SMILES string of the molecule is CCSc1cccc(N2CCCC(O)C2)c1CN. The molecule has 1 atom stereocenters. The van der Waals surface area contributed by atoms with Gasteiger partial charge in [-0.05, 0) is 30.7 Å². The Balaban J connectivity index is 2.28. The van der Waals surface area contributed by atoms with Gasteiger partial charge in [0.15, 0.2) is 0 Å². The first kappa shape index (κ1) is 13.7. The summed E-state index contributed by atoms with van der Waals surface area (Å²) in [7, 11) is 0. The zero-order chi connectivity index (χ0) is 13.0. The number of hydrogen-bond acceptors (Lipinski definition) is 4. The predicted molar refractivity (Wildman–Crippen MR) is 78.2 cm³/mol. The van der Waals surface area contributed by atoms with E-state index in [1.54, 1.807) is 0 Å². The lowest BCUT2D eigenvalue weighted by molar-refractivity contribution is 0.154. The summed E-state index contributed by atoms with van der Waals surface area (Å²) in [5, 5.41) is 9.80. The summed E-state index contributed by atoms with van der Waals surface area (Å²) in [6.07, 6.45) is 1.76. The largest absolute Gasteiger partial charge is 0.391 e. The Morgan fingerprint density at radius 2 is 2.33 bits per heavy atom. The first-order valence-electron chi connectivity index (χ1n) is 6.64. The van der Waals surface area contributed by atoms with E-state index in [-0.39, 0.29) is 6.10 Å². The van der Waals surface area contributed by atoms with Crippen LogP contribution in [0.4, 0.5) is 5.69 Å². The Morgan fingerprint density at radius 1 is 1.50 bits per heavy atom. The van der Waals surface area contributed by atoms with Gasteiger partial charge in [-0.2, -0.15) is 0 Å². The van der Waals surface area contributed by atoms with Gasteiger partial charge in [0, 0.05) is 35.8 Å². The molecule has 3 N–H and O–H groups in total. The Hall–Kier alpha value is -0.710. The highest BCUT2D eigenvalue weighted by molar-refractivity contribution is 7.99. The van der Waals surface area contributed by atoms with Gasteiger partial charge >= 0.3 is 0 Å². The van der Waals surface area contributed by atoms with Gasteiger partial charge in [0.25, 0.3) is 0 Å². The Bertz CT molecular complexity index is 397. The summed E-state index contributed by atoms with van der Waals surface area (Å²) in [4.78, 5) is 3.55. The molecule has 3 nitrogen and oxygen atoms in total. The molecule has 1 unspecified atom stereocenters.